The third-order valence-corrected chi connectivity index (χ3v) is 2.19. The van der Waals surface area contributed by atoms with Gasteiger partial charge in [0.05, 0.1) is 6.54 Å². The van der Waals surface area contributed by atoms with Crippen LogP contribution in [0.3, 0.4) is 0 Å². The summed E-state index contributed by atoms with van der Waals surface area (Å²) in [6, 6.07) is 9.31. The van der Waals surface area contributed by atoms with Crippen LogP contribution in [0.4, 0.5) is 0 Å². The Morgan fingerprint density at radius 2 is 2.00 bits per heavy atom. The normalized spacial score (nSPS) is 15.4. The van der Waals surface area contributed by atoms with Crippen LogP contribution in [0.1, 0.15) is 18.9 Å². The van der Waals surface area contributed by atoms with E-state index >= 15 is 0 Å². The van der Waals surface area contributed by atoms with Crippen LogP contribution >= 0.6 is 0 Å². The highest BCUT2D eigenvalue weighted by molar-refractivity contribution is 5.21. The highest BCUT2D eigenvalue weighted by Crippen LogP contribution is 2.26. The van der Waals surface area contributed by atoms with E-state index in [9.17, 15) is 5.11 Å². The van der Waals surface area contributed by atoms with Crippen LogP contribution in [-0.2, 0) is 5.72 Å². The average Bonchev–Trinajstić information content (AvgIpc) is 2.30. The van der Waals surface area contributed by atoms with Crippen molar-refractivity contribution < 1.29 is 5.11 Å². The molecule has 0 radical (unpaired) electrons. The molecule has 0 fully saturated rings. The average molecular weight is 207 g/mol. The first-order valence-electron chi connectivity index (χ1n) is 5.09. The van der Waals surface area contributed by atoms with Crippen LogP contribution in [-0.4, -0.2) is 18.2 Å². The number of aliphatic hydroxyl groups is 1. The topological polar surface area (TPSA) is 71.0 Å². The Morgan fingerprint density at radius 3 is 2.53 bits per heavy atom. The van der Waals surface area contributed by atoms with Crippen molar-refractivity contribution >= 4 is 0 Å². The van der Waals surface area contributed by atoms with Crippen molar-refractivity contribution in [1.29, 1.82) is 0 Å². The largest absolute Gasteiger partial charge is 0.364 e. The minimum Gasteiger partial charge on any atom is -0.364 e. The molecule has 3 N–H and O–H groups in total. The van der Waals surface area contributed by atoms with Crippen molar-refractivity contribution in [2.24, 2.45) is 16.0 Å². The SMILES string of the molecule is CCC(O)(/N=N/CCN)c1ccccc1. The maximum Gasteiger partial charge on any atom is 0.201 e. The molecule has 0 aromatic heterocycles. The van der Waals surface area contributed by atoms with Gasteiger partial charge in [0, 0.05) is 18.5 Å². The summed E-state index contributed by atoms with van der Waals surface area (Å²) in [5.74, 6) is 0. The first-order valence-corrected chi connectivity index (χ1v) is 5.09. The van der Waals surface area contributed by atoms with E-state index in [4.69, 9.17) is 5.73 Å². The molecular weight excluding hydrogens is 190 g/mol. The van der Waals surface area contributed by atoms with E-state index in [2.05, 4.69) is 10.2 Å². The fourth-order valence-corrected chi connectivity index (χ4v) is 1.26. The minimum absolute atomic E-state index is 0.440. The maximum atomic E-state index is 10.2. The number of benzene rings is 1. The molecular formula is C11H17N3O. The molecule has 1 aromatic rings. The molecule has 0 aliphatic carbocycles. The number of rotatable bonds is 5. The number of hydrogen-bond donors (Lipinski definition) is 2. The van der Waals surface area contributed by atoms with Gasteiger partial charge >= 0.3 is 0 Å². The fourth-order valence-electron chi connectivity index (χ4n) is 1.26. The van der Waals surface area contributed by atoms with Gasteiger partial charge in [-0.2, -0.15) is 10.2 Å². The zero-order valence-corrected chi connectivity index (χ0v) is 8.93. The summed E-state index contributed by atoms with van der Waals surface area (Å²) < 4.78 is 0. The van der Waals surface area contributed by atoms with Gasteiger partial charge in [0.2, 0.25) is 5.72 Å². The molecule has 1 unspecified atom stereocenters. The fraction of sp³-hybridized carbons (Fsp3) is 0.455. The zero-order chi connectivity index (χ0) is 11.1. The molecule has 0 heterocycles. The molecule has 0 saturated heterocycles. The van der Waals surface area contributed by atoms with Crippen LogP contribution in [0.15, 0.2) is 40.6 Å². The van der Waals surface area contributed by atoms with Gasteiger partial charge in [0.1, 0.15) is 0 Å². The molecule has 1 atom stereocenters. The van der Waals surface area contributed by atoms with Gasteiger partial charge in [-0.25, -0.2) is 0 Å². The van der Waals surface area contributed by atoms with Crippen LogP contribution in [0.25, 0.3) is 0 Å². The van der Waals surface area contributed by atoms with E-state index in [1.54, 1.807) is 0 Å². The molecule has 4 nitrogen and oxygen atoms in total. The second-order valence-corrected chi connectivity index (χ2v) is 3.29. The molecule has 0 amide bonds. The Bertz CT molecular complexity index is 313. The Morgan fingerprint density at radius 1 is 1.33 bits per heavy atom. The van der Waals surface area contributed by atoms with Crippen molar-refractivity contribution in [2.45, 2.75) is 19.1 Å². The van der Waals surface area contributed by atoms with Crippen LogP contribution in [0, 0.1) is 0 Å². The lowest BCUT2D eigenvalue weighted by atomic mass is 10.0. The molecule has 0 aliphatic heterocycles. The molecule has 1 aromatic carbocycles. The van der Waals surface area contributed by atoms with Crippen molar-refractivity contribution in [3.63, 3.8) is 0 Å². The standard InChI is InChI=1S/C11H17N3O/c1-2-11(15,14-13-9-8-12)10-6-4-3-5-7-10/h3-7,15H,2,8-9,12H2,1H3/b14-13+. The van der Waals surface area contributed by atoms with E-state index in [-0.39, 0.29) is 0 Å². The second kappa shape index (κ2) is 5.58. The highest BCUT2D eigenvalue weighted by atomic mass is 16.3. The zero-order valence-electron chi connectivity index (χ0n) is 8.93. The summed E-state index contributed by atoms with van der Waals surface area (Å²) in [7, 11) is 0. The van der Waals surface area contributed by atoms with Crippen molar-refractivity contribution in [3.05, 3.63) is 35.9 Å². The van der Waals surface area contributed by atoms with Gasteiger partial charge in [-0.1, -0.05) is 37.3 Å². The summed E-state index contributed by atoms with van der Waals surface area (Å²) in [6.45, 7) is 2.75. The molecule has 15 heavy (non-hydrogen) atoms. The summed E-state index contributed by atoms with van der Waals surface area (Å²) in [5, 5.41) is 18.0. The number of nitrogens with zero attached hydrogens (tertiary/aromatic N) is 2. The predicted octanol–water partition coefficient (Wildman–Crippen LogP) is 1.65. The third-order valence-electron chi connectivity index (χ3n) is 2.19. The van der Waals surface area contributed by atoms with E-state index in [0.717, 1.165) is 5.56 Å². The molecule has 1 rings (SSSR count). The molecule has 82 valence electrons. The lowest BCUT2D eigenvalue weighted by molar-refractivity contribution is 0.0336. The quantitative estimate of drug-likeness (QED) is 0.721. The van der Waals surface area contributed by atoms with Crippen molar-refractivity contribution in [3.8, 4) is 0 Å². The van der Waals surface area contributed by atoms with Crippen molar-refractivity contribution in [2.75, 3.05) is 13.1 Å². The molecule has 0 spiro atoms. The van der Waals surface area contributed by atoms with E-state index < -0.39 is 5.72 Å². The van der Waals surface area contributed by atoms with Gasteiger partial charge in [-0.3, -0.25) is 0 Å². The van der Waals surface area contributed by atoms with Gasteiger partial charge in [0.25, 0.3) is 0 Å². The third kappa shape index (κ3) is 3.11. The van der Waals surface area contributed by atoms with E-state index in [0.29, 0.717) is 19.5 Å². The summed E-state index contributed by atoms with van der Waals surface area (Å²) in [6.07, 6.45) is 0.491. The number of hydrogen-bond acceptors (Lipinski definition) is 4. The van der Waals surface area contributed by atoms with Gasteiger partial charge in [0.15, 0.2) is 0 Å². The predicted molar refractivity (Wildman–Crippen MR) is 59.4 cm³/mol. The van der Waals surface area contributed by atoms with E-state index in [1.807, 2.05) is 37.3 Å². The smallest absolute Gasteiger partial charge is 0.201 e. The lowest BCUT2D eigenvalue weighted by Crippen LogP contribution is -2.21. The van der Waals surface area contributed by atoms with Crippen molar-refractivity contribution in [1.82, 2.24) is 0 Å². The van der Waals surface area contributed by atoms with E-state index in [1.165, 1.54) is 0 Å². The number of azo groups is 1. The summed E-state index contributed by atoms with van der Waals surface area (Å²) >= 11 is 0. The lowest BCUT2D eigenvalue weighted by Gasteiger charge is -2.20. The van der Waals surface area contributed by atoms with Gasteiger partial charge in [-0.15, -0.1) is 0 Å². The Balaban J connectivity index is 2.85. The van der Waals surface area contributed by atoms with Crippen LogP contribution in [0.5, 0.6) is 0 Å². The molecule has 0 aliphatic rings. The minimum atomic E-state index is -1.21. The Labute approximate surface area is 89.8 Å². The maximum absolute atomic E-state index is 10.2. The Kier molecular flexibility index (Phi) is 4.39. The highest BCUT2D eigenvalue weighted by Gasteiger charge is 2.26. The van der Waals surface area contributed by atoms with Crippen LogP contribution < -0.4 is 5.73 Å². The molecule has 4 heteroatoms. The summed E-state index contributed by atoms with van der Waals surface area (Å²) in [5.41, 5.74) is 4.85. The second-order valence-electron chi connectivity index (χ2n) is 3.29. The first-order chi connectivity index (χ1) is 7.23. The van der Waals surface area contributed by atoms with Gasteiger partial charge in [-0.05, 0) is 0 Å². The van der Waals surface area contributed by atoms with Crippen LogP contribution in [0.2, 0.25) is 0 Å². The first kappa shape index (κ1) is 11.8. The van der Waals surface area contributed by atoms with Gasteiger partial charge < -0.3 is 10.8 Å². The number of nitrogens with two attached hydrogens (primary N) is 1. The summed E-state index contributed by atoms with van der Waals surface area (Å²) in [4.78, 5) is 0. The monoisotopic (exact) mass is 207 g/mol. The Hall–Kier alpha value is -1.26. The molecule has 0 bridgehead atoms. The molecule has 0 saturated carbocycles.